The largest absolute Gasteiger partial charge is 0.322 e. The van der Waals surface area contributed by atoms with Crippen LogP contribution in [0.15, 0.2) is 6.20 Å². The van der Waals surface area contributed by atoms with E-state index >= 15 is 0 Å². The van der Waals surface area contributed by atoms with Crippen LogP contribution in [-0.2, 0) is 5.66 Å². The molecule has 17 heavy (non-hydrogen) atoms. The van der Waals surface area contributed by atoms with Crippen LogP contribution in [-0.4, -0.2) is 15.0 Å². The molecular weight excluding hydrogens is 214 g/mol. The first-order valence-corrected chi connectivity index (χ1v) is 6.66. The molecule has 2 fully saturated rings. The van der Waals surface area contributed by atoms with Gasteiger partial charge < -0.3 is 11.5 Å². The second-order valence-corrected chi connectivity index (χ2v) is 5.62. The van der Waals surface area contributed by atoms with E-state index in [0.29, 0.717) is 5.92 Å². The number of nitrogens with zero attached hydrogens (tertiary/aromatic N) is 3. The maximum atomic E-state index is 6.29. The van der Waals surface area contributed by atoms with Gasteiger partial charge in [0.25, 0.3) is 0 Å². The van der Waals surface area contributed by atoms with Crippen molar-refractivity contribution in [1.82, 2.24) is 15.0 Å². The SMILES string of the molecule is N[C@H](c1cn(C2(N)CC2)nn1)C1CCCCC1. The van der Waals surface area contributed by atoms with Crippen molar-refractivity contribution in [3.8, 4) is 0 Å². The van der Waals surface area contributed by atoms with Crippen molar-refractivity contribution in [2.45, 2.75) is 56.7 Å². The highest BCUT2D eigenvalue weighted by molar-refractivity contribution is 5.06. The second kappa shape index (κ2) is 4.07. The zero-order chi connectivity index (χ0) is 11.9. The lowest BCUT2D eigenvalue weighted by atomic mass is 9.83. The molecule has 5 nitrogen and oxygen atoms in total. The predicted molar refractivity (Wildman–Crippen MR) is 64.9 cm³/mol. The van der Waals surface area contributed by atoms with E-state index in [0.717, 1.165) is 18.5 Å². The lowest BCUT2D eigenvalue weighted by molar-refractivity contribution is 0.304. The molecule has 1 aromatic rings. The third kappa shape index (κ3) is 2.09. The van der Waals surface area contributed by atoms with Crippen molar-refractivity contribution in [2.24, 2.45) is 17.4 Å². The van der Waals surface area contributed by atoms with Gasteiger partial charge in [-0.15, -0.1) is 5.10 Å². The normalized spacial score (nSPS) is 25.8. The average molecular weight is 235 g/mol. The van der Waals surface area contributed by atoms with Crippen LogP contribution >= 0.6 is 0 Å². The Morgan fingerprint density at radius 2 is 2.00 bits per heavy atom. The first-order chi connectivity index (χ1) is 8.19. The van der Waals surface area contributed by atoms with Crippen molar-refractivity contribution in [3.63, 3.8) is 0 Å². The van der Waals surface area contributed by atoms with E-state index in [2.05, 4.69) is 10.3 Å². The van der Waals surface area contributed by atoms with Crippen molar-refractivity contribution in [1.29, 1.82) is 0 Å². The summed E-state index contributed by atoms with van der Waals surface area (Å²) in [7, 11) is 0. The predicted octanol–water partition coefficient (Wildman–Crippen LogP) is 1.26. The van der Waals surface area contributed by atoms with E-state index in [1.165, 1.54) is 32.1 Å². The van der Waals surface area contributed by atoms with E-state index in [1.807, 2.05) is 6.20 Å². The van der Waals surface area contributed by atoms with Gasteiger partial charge in [0.15, 0.2) is 0 Å². The van der Waals surface area contributed by atoms with Gasteiger partial charge >= 0.3 is 0 Å². The molecule has 94 valence electrons. The first-order valence-electron chi connectivity index (χ1n) is 6.66. The van der Waals surface area contributed by atoms with E-state index in [-0.39, 0.29) is 11.7 Å². The lowest BCUT2D eigenvalue weighted by Crippen LogP contribution is -2.28. The summed E-state index contributed by atoms with van der Waals surface area (Å²) in [6, 6.07) is 0.0337. The van der Waals surface area contributed by atoms with Gasteiger partial charge in [-0.25, -0.2) is 4.68 Å². The highest BCUT2D eigenvalue weighted by atomic mass is 15.5. The van der Waals surface area contributed by atoms with Crippen LogP contribution in [0.4, 0.5) is 0 Å². The number of hydrogen-bond donors (Lipinski definition) is 2. The van der Waals surface area contributed by atoms with Crippen LogP contribution in [0.5, 0.6) is 0 Å². The summed E-state index contributed by atoms with van der Waals surface area (Å²) < 4.78 is 1.80. The minimum absolute atomic E-state index is 0.0337. The number of nitrogens with two attached hydrogens (primary N) is 2. The lowest BCUT2D eigenvalue weighted by Gasteiger charge is -2.25. The Morgan fingerprint density at radius 3 is 2.65 bits per heavy atom. The number of hydrogen-bond acceptors (Lipinski definition) is 4. The van der Waals surface area contributed by atoms with E-state index in [1.54, 1.807) is 4.68 Å². The Kier molecular flexibility index (Phi) is 2.67. The second-order valence-electron chi connectivity index (χ2n) is 5.62. The fraction of sp³-hybridized carbons (Fsp3) is 0.833. The van der Waals surface area contributed by atoms with Crippen LogP contribution in [0.25, 0.3) is 0 Å². The summed E-state index contributed by atoms with van der Waals surface area (Å²) in [4.78, 5) is 0. The van der Waals surface area contributed by atoms with Crippen molar-refractivity contribution in [2.75, 3.05) is 0 Å². The molecule has 0 bridgehead atoms. The molecule has 2 aliphatic carbocycles. The molecule has 0 amide bonds. The third-order valence-electron chi connectivity index (χ3n) is 4.23. The molecule has 0 saturated heterocycles. The van der Waals surface area contributed by atoms with Crippen LogP contribution in [0.1, 0.15) is 56.7 Å². The first kappa shape index (κ1) is 11.2. The Balaban J connectivity index is 1.72. The highest BCUT2D eigenvalue weighted by Gasteiger charge is 2.42. The average Bonchev–Trinajstić information content (AvgIpc) is 2.94. The summed E-state index contributed by atoms with van der Waals surface area (Å²) in [5, 5.41) is 8.33. The molecule has 2 aliphatic rings. The van der Waals surface area contributed by atoms with Crippen molar-refractivity contribution < 1.29 is 0 Å². The van der Waals surface area contributed by atoms with Gasteiger partial charge in [-0.1, -0.05) is 24.5 Å². The van der Waals surface area contributed by atoms with Gasteiger partial charge in [0.2, 0.25) is 0 Å². The smallest absolute Gasteiger partial charge is 0.112 e. The fourth-order valence-electron chi connectivity index (χ4n) is 2.74. The van der Waals surface area contributed by atoms with Gasteiger partial charge in [0, 0.05) is 0 Å². The van der Waals surface area contributed by atoms with Gasteiger partial charge in [-0.2, -0.15) is 0 Å². The molecule has 0 aliphatic heterocycles. The molecule has 1 atom stereocenters. The van der Waals surface area contributed by atoms with E-state index < -0.39 is 0 Å². The molecule has 0 unspecified atom stereocenters. The minimum atomic E-state index is -0.266. The number of rotatable bonds is 3. The summed E-state index contributed by atoms with van der Waals surface area (Å²) in [6.07, 6.45) is 10.3. The van der Waals surface area contributed by atoms with E-state index in [4.69, 9.17) is 11.5 Å². The summed E-state index contributed by atoms with van der Waals surface area (Å²) in [5.41, 5.74) is 13.0. The molecule has 0 spiro atoms. The third-order valence-corrected chi connectivity index (χ3v) is 4.23. The highest BCUT2D eigenvalue weighted by Crippen LogP contribution is 2.38. The van der Waals surface area contributed by atoms with Crippen LogP contribution in [0.3, 0.4) is 0 Å². The fourth-order valence-corrected chi connectivity index (χ4v) is 2.74. The van der Waals surface area contributed by atoms with Crippen molar-refractivity contribution in [3.05, 3.63) is 11.9 Å². The molecule has 1 heterocycles. The summed E-state index contributed by atoms with van der Waals surface area (Å²) >= 11 is 0. The van der Waals surface area contributed by atoms with Gasteiger partial charge in [-0.3, -0.25) is 0 Å². The van der Waals surface area contributed by atoms with Gasteiger partial charge in [0.05, 0.1) is 17.9 Å². The number of aromatic nitrogens is 3. The minimum Gasteiger partial charge on any atom is -0.322 e. The van der Waals surface area contributed by atoms with E-state index in [9.17, 15) is 0 Å². The molecule has 5 heteroatoms. The quantitative estimate of drug-likeness (QED) is 0.826. The molecule has 3 rings (SSSR count). The Morgan fingerprint density at radius 1 is 1.29 bits per heavy atom. The monoisotopic (exact) mass is 235 g/mol. The maximum absolute atomic E-state index is 6.29. The summed E-state index contributed by atoms with van der Waals surface area (Å²) in [6.45, 7) is 0. The van der Waals surface area contributed by atoms with Crippen molar-refractivity contribution >= 4 is 0 Å². The Labute approximate surface area is 102 Å². The Bertz CT molecular complexity index is 389. The molecule has 0 aromatic carbocycles. The van der Waals surface area contributed by atoms with Crippen LogP contribution < -0.4 is 11.5 Å². The van der Waals surface area contributed by atoms with Gasteiger partial charge in [-0.05, 0) is 31.6 Å². The summed E-state index contributed by atoms with van der Waals surface area (Å²) in [5.74, 6) is 0.571. The molecular formula is C12H21N5. The van der Waals surface area contributed by atoms with Gasteiger partial charge in [0.1, 0.15) is 5.66 Å². The van der Waals surface area contributed by atoms with Crippen LogP contribution in [0, 0.1) is 5.92 Å². The molecule has 4 N–H and O–H groups in total. The zero-order valence-corrected chi connectivity index (χ0v) is 10.2. The molecule has 0 radical (unpaired) electrons. The zero-order valence-electron chi connectivity index (χ0n) is 10.2. The molecule has 1 aromatic heterocycles. The molecule has 2 saturated carbocycles. The maximum Gasteiger partial charge on any atom is 0.112 e. The standard InChI is InChI=1S/C12H21N5/c13-11(9-4-2-1-3-5-9)10-8-17(16-15-10)12(14)6-7-12/h8-9,11H,1-7,13-14H2/t11-/m0/s1. The topological polar surface area (TPSA) is 82.8 Å². The Hall–Kier alpha value is -0.940. The van der Waals surface area contributed by atoms with Crippen LogP contribution in [0.2, 0.25) is 0 Å².